The topological polar surface area (TPSA) is 15.3 Å². The quantitative estimate of drug-likeness (QED) is 0.878. The molecule has 2 nitrogen and oxygen atoms in total. The molecule has 1 aliphatic heterocycles. The van der Waals surface area contributed by atoms with Crippen molar-refractivity contribution in [1.82, 2.24) is 5.32 Å². The van der Waals surface area contributed by atoms with Gasteiger partial charge in [0, 0.05) is 24.8 Å². The van der Waals surface area contributed by atoms with Crippen LogP contribution in [0.3, 0.4) is 0 Å². The molecular formula is C16H26N2. The largest absolute Gasteiger partial charge is 0.370 e. The summed E-state index contributed by atoms with van der Waals surface area (Å²) in [5.74, 6) is 0.672. The van der Waals surface area contributed by atoms with Crippen LogP contribution in [-0.4, -0.2) is 26.2 Å². The Morgan fingerprint density at radius 1 is 1.33 bits per heavy atom. The summed E-state index contributed by atoms with van der Waals surface area (Å²) in [5.41, 5.74) is 4.36. The molecule has 1 heterocycles. The first-order chi connectivity index (χ1) is 8.61. The number of hydrogen-bond acceptors (Lipinski definition) is 2. The van der Waals surface area contributed by atoms with Gasteiger partial charge in [0.25, 0.3) is 0 Å². The summed E-state index contributed by atoms with van der Waals surface area (Å²) in [7, 11) is 2.07. The number of aryl methyl sites for hydroxylation is 2. The second-order valence-corrected chi connectivity index (χ2v) is 5.82. The number of benzene rings is 1. The van der Waals surface area contributed by atoms with E-state index in [0.29, 0.717) is 12.0 Å². The second kappa shape index (κ2) is 5.75. The smallest absolute Gasteiger partial charge is 0.0399 e. The SMILES string of the molecule is CNC(CN1CCCc2cc(C)ccc21)C(C)C. The fraction of sp³-hybridized carbons (Fsp3) is 0.625. The second-order valence-electron chi connectivity index (χ2n) is 5.82. The van der Waals surface area contributed by atoms with Crippen molar-refractivity contribution >= 4 is 5.69 Å². The van der Waals surface area contributed by atoms with Crippen molar-refractivity contribution in [1.29, 1.82) is 0 Å². The van der Waals surface area contributed by atoms with Gasteiger partial charge in [0.05, 0.1) is 0 Å². The molecule has 0 aromatic heterocycles. The average Bonchev–Trinajstić information content (AvgIpc) is 2.35. The van der Waals surface area contributed by atoms with Crippen LogP contribution in [0.25, 0.3) is 0 Å². The third-order valence-corrected chi connectivity index (χ3v) is 4.04. The van der Waals surface area contributed by atoms with E-state index in [1.54, 1.807) is 0 Å². The van der Waals surface area contributed by atoms with Crippen molar-refractivity contribution < 1.29 is 0 Å². The monoisotopic (exact) mass is 246 g/mol. The first-order valence-corrected chi connectivity index (χ1v) is 7.13. The van der Waals surface area contributed by atoms with Crippen LogP contribution < -0.4 is 10.2 Å². The average molecular weight is 246 g/mol. The molecule has 1 N–H and O–H groups in total. The highest BCUT2D eigenvalue weighted by Crippen LogP contribution is 2.28. The maximum absolute atomic E-state index is 3.45. The Labute approximate surface area is 111 Å². The molecule has 2 heteroatoms. The van der Waals surface area contributed by atoms with Crippen molar-refractivity contribution in [3.05, 3.63) is 29.3 Å². The van der Waals surface area contributed by atoms with Crippen LogP contribution in [0.2, 0.25) is 0 Å². The summed E-state index contributed by atoms with van der Waals surface area (Å²) < 4.78 is 0. The molecule has 1 atom stereocenters. The van der Waals surface area contributed by atoms with E-state index in [2.05, 4.69) is 56.2 Å². The molecule has 0 spiro atoms. The maximum atomic E-state index is 3.45. The van der Waals surface area contributed by atoms with Crippen molar-refractivity contribution in [2.45, 2.75) is 39.7 Å². The van der Waals surface area contributed by atoms with Crippen molar-refractivity contribution in [2.24, 2.45) is 5.92 Å². The molecule has 2 rings (SSSR count). The van der Waals surface area contributed by atoms with Gasteiger partial charge in [-0.05, 0) is 44.4 Å². The molecule has 1 aromatic carbocycles. The molecule has 1 unspecified atom stereocenters. The van der Waals surface area contributed by atoms with Gasteiger partial charge in [0.1, 0.15) is 0 Å². The van der Waals surface area contributed by atoms with E-state index in [-0.39, 0.29) is 0 Å². The standard InChI is InChI=1S/C16H26N2/c1-12(2)15(17-4)11-18-9-5-6-14-10-13(3)7-8-16(14)18/h7-8,10,12,15,17H,5-6,9,11H2,1-4H3. The van der Waals surface area contributed by atoms with Gasteiger partial charge in [-0.1, -0.05) is 31.5 Å². The maximum Gasteiger partial charge on any atom is 0.0399 e. The van der Waals surface area contributed by atoms with E-state index in [0.717, 1.165) is 6.54 Å². The Hall–Kier alpha value is -1.02. The summed E-state index contributed by atoms with van der Waals surface area (Å²) in [4.78, 5) is 2.55. The summed E-state index contributed by atoms with van der Waals surface area (Å²) in [6.07, 6.45) is 2.52. The zero-order valence-electron chi connectivity index (χ0n) is 12.2. The van der Waals surface area contributed by atoms with Crippen LogP contribution in [0.4, 0.5) is 5.69 Å². The summed E-state index contributed by atoms with van der Waals surface area (Å²) in [6.45, 7) is 9.08. The van der Waals surface area contributed by atoms with Crippen LogP contribution >= 0.6 is 0 Å². The minimum Gasteiger partial charge on any atom is -0.370 e. The Morgan fingerprint density at radius 3 is 2.78 bits per heavy atom. The number of likely N-dealkylation sites (N-methyl/N-ethyl adjacent to an activating group) is 1. The lowest BCUT2D eigenvalue weighted by atomic mass is 9.97. The Balaban J connectivity index is 2.17. The molecule has 100 valence electrons. The first-order valence-electron chi connectivity index (χ1n) is 7.13. The lowest BCUT2D eigenvalue weighted by Gasteiger charge is -2.35. The number of rotatable bonds is 4. The number of hydrogen-bond donors (Lipinski definition) is 1. The molecule has 1 aromatic rings. The van der Waals surface area contributed by atoms with E-state index >= 15 is 0 Å². The lowest BCUT2D eigenvalue weighted by molar-refractivity contribution is 0.419. The Bertz CT molecular complexity index is 398. The minimum atomic E-state index is 0.567. The van der Waals surface area contributed by atoms with E-state index in [1.807, 2.05) is 0 Å². The van der Waals surface area contributed by atoms with Gasteiger partial charge in [0.2, 0.25) is 0 Å². The van der Waals surface area contributed by atoms with E-state index < -0.39 is 0 Å². The normalized spacial score (nSPS) is 16.8. The third-order valence-electron chi connectivity index (χ3n) is 4.04. The van der Waals surface area contributed by atoms with E-state index in [4.69, 9.17) is 0 Å². The molecule has 0 aliphatic carbocycles. The molecule has 0 fully saturated rings. The molecule has 1 aliphatic rings. The van der Waals surface area contributed by atoms with Crippen LogP contribution in [-0.2, 0) is 6.42 Å². The van der Waals surface area contributed by atoms with Gasteiger partial charge in [-0.2, -0.15) is 0 Å². The highest BCUT2D eigenvalue weighted by molar-refractivity contribution is 5.56. The van der Waals surface area contributed by atoms with E-state index in [1.165, 1.54) is 36.2 Å². The zero-order chi connectivity index (χ0) is 13.1. The molecule has 0 saturated carbocycles. The summed E-state index contributed by atoms with van der Waals surface area (Å²) in [5, 5.41) is 3.45. The molecule has 0 radical (unpaired) electrons. The summed E-state index contributed by atoms with van der Waals surface area (Å²) in [6, 6.07) is 7.46. The molecule has 0 saturated heterocycles. The van der Waals surface area contributed by atoms with Crippen molar-refractivity contribution in [2.75, 3.05) is 25.0 Å². The van der Waals surface area contributed by atoms with Gasteiger partial charge in [-0.15, -0.1) is 0 Å². The van der Waals surface area contributed by atoms with Gasteiger partial charge in [-0.25, -0.2) is 0 Å². The predicted octanol–water partition coefficient (Wildman–Crippen LogP) is 2.99. The molecule has 0 bridgehead atoms. The third kappa shape index (κ3) is 2.86. The first kappa shape index (κ1) is 13.4. The molecule has 0 amide bonds. The van der Waals surface area contributed by atoms with Gasteiger partial charge < -0.3 is 10.2 Å². The number of nitrogens with one attached hydrogen (secondary N) is 1. The number of fused-ring (bicyclic) bond motifs is 1. The Kier molecular flexibility index (Phi) is 4.28. The van der Waals surface area contributed by atoms with E-state index in [9.17, 15) is 0 Å². The fourth-order valence-corrected chi connectivity index (χ4v) is 2.87. The van der Waals surface area contributed by atoms with Crippen LogP contribution in [0.1, 0.15) is 31.4 Å². The van der Waals surface area contributed by atoms with Crippen molar-refractivity contribution in [3.63, 3.8) is 0 Å². The molecule has 18 heavy (non-hydrogen) atoms. The Morgan fingerprint density at radius 2 is 2.11 bits per heavy atom. The van der Waals surface area contributed by atoms with Crippen molar-refractivity contribution in [3.8, 4) is 0 Å². The van der Waals surface area contributed by atoms with Gasteiger partial charge >= 0.3 is 0 Å². The molecular weight excluding hydrogens is 220 g/mol. The van der Waals surface area contributed by atoms with Crippen LogP contribution in [0.5, 0.6) is 0 Å². The predicted molar refractivity (Wildman–Crippen MR) is 79.4 cm³/mol. The number of anilines is 1. The van der Waals surface area contributed by atoms with Crippen LogP contribution in [0, 0.1) is 12.8 Å². The van der Waals surface area contributed by atoms with Gasteiger partial charge in [-0.3, -0.25) is 0 Å². The fourth-order valence-electron chi connectivity index (χ4n) is 2.87. The lowest BCUT2D eigenvalue weighted by Crippen LogP contribution is -2.44. The summed E-state index contributed by atoms with van der Waals surface area (Å²) >= 11 is 0. The highest BCUT2D eigenvalue weighted by atomic mass is 15.2. The van der Waals surface area contributed by atoms with Gasteiger partial charge in [0.15, 0.2) is 0 Å². The number of nitrogens with zero attached hydrogens (tertiary/aromatic N) is 1. The van der Waals surface area contributed by atoms with Crippen LogP contribution in [0.15, 0.2) is 18.2 Å². The highest BCUT2D eigenvalue weighted by Gasteiger charge is 2.21. The minimum absolute atomic E-state index is 0.567. The zero-order valence-corrected chi connectivity index (χ0v) is 12.2.